The van der Waals surface area contributed by atoms with E-state index in [1.807, 2.05) is 31.2 Å². The average molecular weight is 242 g/mol. The Hall–Kier alpha value is -1.94. The molecular weight excluding hydrogens is 224 g/mol. The monoisotopic (exact) mass is 242 g/mol. The molecule has 1 atom stereocenters. The van der Waals surface area contributed by atoms with Gasteiger partial charge in [-0.15, -0.1) is 0 Å². The van der Waals surface area contributed by atoms with Gasteiger partial charge >= 0.3 is 0 Å². The van der Waals surface area contributed by atoms with Crippen molar-refractivity contribution in [2.24, 2.45) is 5.73 Å². The van der Waals surface area contributed by atoms with E-state index in [1.165, 1.54) is 0 Å². The molecule has 2 aromatic rings. The van der Waals surface area contributed by atoms with Gasteiger partial charge in [0.25, 0.3) is 0 Å². The van der Waals surface area contributed by atoms with Gasteiger partial charge in [-0.25, -0.2) is 9.97 Å². The quantitative estimate of drug-likeness (QED) is 0.861. The first-order chi connectivity index (χ1) is 8.64. The number of nitrogens with one attached hydrogen (secondary N) is 1. The van der Waals surface area contributed by atoms with Crippen molar-refractivity contribution in [3.63, 3.8) is 0 Å². The van der Waals surface area contributed by atoms with Crippen LogP contribution in [0.3, 0.4) is 0 Å². The van der Waals surface area contributed by atoms with Crippen LogP contribution < -0.4 is 11.1 Å². The molecule has 1 aromatic heterocycles. The minimum atomic E-state index is -0.331. The molecule has 4 nitrogen and oxygen atoms in total. The van der Waals surface area contributed by atoms with Crippen LogP contribution >= 0.6 is 0 Å². The molecule has 1 heterocycles. The molecule has 0 amide bonds. The van der Waals surface area contributed by atoms with E-state index >= 15 is 0 Å². The maximum Gasteiger partial charge on any atom is 0.130 e. The fourth-order valence-corrected chi connectivity index (χ4v) is 1.86. The molecule has 0 aliphatic rings. The van der Waals surface area contributed by atoms with Gasteiger partial charge in [-0.05, 0) is 25.5 Å². The summed E-state index contributed by atoms with van der Waals surface area (Å²) in [7, 11) is 0. The SMILES string of the molecule is Cc1nccc(NC(C)(CN)c2ccccc2)n1. The molecule has 0 aliphatic heterocycles. The fraction of sp³-hybridized carbons (Fsp3) is 0.286. The average Bonchev–Trinajstić information content (AvgIpc) is 2.39. The molecule has 94 valence electrons. The van der Waals surface area contributed by atoms with Crippen LogP contribution in [0.2, 0.25) is 0 Å². The lowest BCUT2D eigenvalue weighted by Gasteiger charge is -2.30. The number of anilines is 1. The molecule has 0 fully saturated rings. The predicted octanol–water partition coefficient (Wildman–Crippen LogP) is 2.07. The predicted molar refractivity (Wildman–Crippen MR) is 73.2 cm³/mol. The minimum absolute atomic E-state index is 0.331. The van der Waals surface area contributed by atoms with E-state index in [4.69, 9.17) is 5.73 Å². The van der Waals surface area contributed by atoms with Crippen LogP contribution in [0.25, 0.3) is 0 Å². The molecular formula is C14H18N4. The van der Waals surface area contributed by atoms with Gasteiger partial charge < -0.3 is 11.1 Å². The molecule has 0 radical (unpaired) electrons. The first-order valence-corrected chi connectivity index (χ1v) is 5.97. The van der Waals surface area contributed by atoms with Gasteiger partial charge in [0.05, 0.1) is 5.54 Å². The van der Waals surface area contributed by atoms with Crippen LogP contribution in [0, 0.1) is 6.92 Å². The van der Waals surface area contributed by atoms with Crippen molar-refractivity contribution in [2.75, 3.05) is 11.9 Å². The van der Waals surface area contributed by atoms with Crippen LogP contribution in [-0.4, -0.2) is 16.5 Å². The third kappa shape index (κ3) is 2.65. The zero-order valence-corrected chi connectivity index (χ0v) is 10.7. The van der Waals surface area contributed by atoms with Crippen LogP contribution in [0.4, 0.5) is 5.82 Å². The normalized spacial score (nSPS) is 13.9. The second kappa shape index (κ2) is 5.14. The van der Waals surface area contributed by atoms with Gasteiger partial charge in [-0.3, -0.25) is 0 Å². The van der Waals surface area contributed by atoms with Crippen molar-refractivity contribution < 1.29 is 0 Å². The lowest BCUT2D eigenvalue weighted by Crippen LogP contribution is -2.40. The lowest BCUT2D eigenvalue weighted by atomic mass is 9.92. The summed E-state index contributed by atoms with van der Waals surface area (Å²) in [6.07, 6.45) is 1.74. The molecule has 4 heteroatoms. The number of nitrogens with two attached hydrogens (primary N) is 1. The number of aromatic nitrogens is 2. The summed E-state index contributed by atoms with van der Waals surface area (Å²) in [5, 5.41) is 3.39. The molecule has 0 bridgehead atoms. The van der Waals surface area contributed by atoms with Gasteiger partial charge in [-0.1, -0.05) is 30.3 Å². The fourth-order valence-electron chi connectivity index (χ4n) is 1.86. The maximum absolute atomic E-state index is 5.92. The molecule has 1 unspecified atom stereocenters. The Bertz CT molecular complexity index is 512. The minimum Gasteiger partial charge on any atom is -0.359 e. The standard InChI is InChI=1S/C14H18N4/c1-11-16-9-8-13(17-11)18-14(2,10-15)12-6-4-3-5-7-12/h3-9H,10,15H2,1-2H3,(H,16,17,18). The largest absolute Gasteiger partial charge is 0.359 e. The van der Waals surface area contributed by atoms with E-state index in [-0.39, 0.29) is 5.54 Å². The van der Waals surface area contributed by atoms with Crippen LogP contribution in [0.1, 0.15) is 18.3 Å². The summed E-state index contributed by atoms with van der Waals surface area (Å²) in [5.41, 5.74) is 6.73. The summed E-state index contributed by atoms with van der Waals surface area (Å²) >= 11 is 0. The Balaban J connectivity index is 2.29. The maximum atomic E-state index is 5.92. The second-order valence-corrected chi connectivity index (χ2v) is 4.52. The lowest BCUT2D eigenvalue weighted by molar-refractivity contribution is 0.553. The van der Waals surface area contributed by atoms with Gasteiger partial charge in [0.15, 0.2) is 0 Å². The number of hydrogen-bond acceptors (Lipinski definition) is 4. The van der Waals surface area contributed by atoms with Gasteiger partial charge in [0.2, 0.25) is 0 Å². The Labute approximate surface area is 107 Å². The summed E-state index contributed by atoms with van der Waals surface area (Å²) in [4.78, 5) is 8.44. The summed E-state index contributed by atoms with van der Waals surface area (Å²) in [5.74, 6) is 1.53. The molecule has 0 spiro atoms. The summed E-state index contributed by atoms with van der Waals surface area (Å²) < 4.78 is 0. The highest BCUT2D eigenvalue weighted by molar-refractivity contribution is 5.41. The topological polar surface area (TPSA) is 63.8 Å². The molecule has 0 saturated heterocycles. The van der Waals surface area contributed by atoms with Crippen LogP contribution in [0.5, 0.6) is 0 Å². The highest BCUT2D eigenvalue weighted by Gasteiger charge is 2.24. The summed E-state index contributed by atoms with van der Waals surface area (Å²) in [6, 6.07) is 12.0. The van der Waals surface area contributed by atoms with Crippen molar-refractivity contribution in [1.29, 1.82) is 0 Å². The van der Waals surface area contributed by atoms with Gasteiger partial charge in [0.1, 0.15) is 11.6 Å². The summed E-state index contributed by atoms with van der Waals surface area (Å²) in [6.45, 7) is 4.42. The number of nitrogens with zero attached hydrogens (tertiary/aromatic N) is 2. The van der Waals surface area contributed by atoms with E-state index in [9.17, 15) is 0 Å². The van der Waals surface area contributed by atoms with Crippen LogP contribution in [-0.2, 0) is 5.54 Å². The van der Waals surface area contributed by atoms with Crippen molar-refractivity contribution in [3.05, 3.63) is 54.0 Å². The van der Waals surface area contributed by atoms with E-state index in [2.05, 4.69) is 34.3 Å². The van der Waals surface area contributed by atoms with E-state index in [0.717, 1.165) is 17.2 Å². The molecule has 0 saturated carbocycles. The third-order valence-corrected chi connectivity index (χ3v) is 3.00. The second-order valence-electron chi connectivity index (χ2n) is 4.52. The number of rotatable bonds is 4. The number of hydrogen-bond donors (Lipinski definition) is 2. The van der Waals surface area contributed by atoms with E-state index in [1.54, 1.807) is 6.20 Å². The Morgan fingerprint density at radius 1 is 1.22 bits per heavy atom. The van der Waals surface area contributed by atoms with Crippen molar-refractivity contribution in [1.82, 2.24) is 9.97 Å². The highest BCUT2D eigenvalue weighted by Crippen LogP contribution is 2.23. The Morgan fingerprint density at radius 3 is 2.56 bits per heavy atom. The zero-order chi connectivity index (χ0) is 13.0. The van der Waals surface area contributed by atoms with Gasteiger partial charge in [0, 0.05) is 12.7 Å². The number of benzene rings is 1. The van der Waals surface area contributed by atoms with Crippen LogP contribution in [0.15, 0.2) is 42.6 Å². The first-order valence-electron chi connectivity index (χ1n) is 5.97. The molecule has 0 aliphatic carbocycles. The molecule has 3 N–H and O–H groups in total. The van der Waals surface area contributed by atoms with E-state index in [0.29, 0.717) is 6.54 Å². The van der Waals surface area contributed by atoms with Crippen molar-refractivity contribution >= 4 is 5.82 Å². The molecule has 18 heavy (non-hydrogen) atoms. The first kappa shape index (κ1) is 12.5. The molecule has 2 rings (SSSR count). The molecule has 1 aromatic carbocycles. The number of aryl methyl sites for hydroxylation is 1. The smallest absolute Gasteiger partial charge is 0.130 e. The van der Waals surface area contributed by atoms with Crippen molar-refractivity contribution in [3.8, 4) is 0 Å². The zero-order valence-electron chi connectivity index (χ0n) is 10.7. The van der Waals surface area contributed by atoms with Gasteiger partial charge in [-0.2, -0.15) is 0 Å². The van der Waals surface area contributed by atoms with E-state index < -0.39 is 0 Å². The van der Waals surface area contributed by atoms with Crippen molar-refractivity contribution in [2.45, 2.75) is 19.4 Å². The third-order valence-electron chi connectivity index (χ3n) is 3.00. The highest BCUT2D eigenvalue weighted by atomic mass is 15.1. The Kier molecular flexibility index (Phi) is 3.58. The Morgan fingerprint density at radius 2 is 1.94 bits per heavy atom.